The summed E-state index contributed by atoms with van der Waals surface area (Å²) in [6.07, 6.45) is 6.23. The normalized spacial score (nSPS) is 14.6. The van der Waals surface area contributed by atoms with Crippen LogP contribution in [0.1, 0.15) is 34.9 Å². The minimum atomic E-state index is 0.601. The van der Waals surface area contributed by atoms with Gasteiger partial charge in [-0.1, -0.05) is 6.07 Å². The van der Waals surface area contributed by atoms with Crippen molar-refractivity contribution in [3.05, 3.63) is 40.7 Å². The van der Waals surface area contributed by atoms with Gasteiger partial charge < -0.3 is 10.6 Å². The van der Waals surface area contributed by atoms with Crippen LogP contribution in [0.2, 0.25) is 0 Å². The molecule has 0 bridgehead atoms. The van der Waals surface area contributed by atoms with Crippen molar-refractivity contribution in [2.75, 3.05) is 11.9 Å². The smallest absolute Gasteiger partial charge is 0.185 e. The lowest BCUT2D eigenvalue weighted by molar-refractivity contribution is 0.892. The SMILES string of the molecule is CN(Cc1cccnc1)c1nc(C2CC2)c(CN)s1. The molecule has 0 amide bonds. The average molecular weight is 274 g/mol. The van der Waals surface area contributed by atoms with Gasteiger partial charge in [0, 0.05) is 43.3 Å². The molecule has 100 valence electrons. The maximum Gasteiger partial charge on any atom is 0.185 e. The van der Waals surface area contributed by atoms with E-state index in [-0.39, 0.29) is 0 Å². The average Bonchev–Trinajstić information content (AvgIpc) is 3.19. The van der Waals surface area contributed by atoms with Crippen molar-refractivity contribution in [3.8, 4) is 0 Å². The maximum atomic E-state index is 5.82. The van der Waals surface area contributed by atoms with Gasteiger partial charge in [0.25, 0.3) is 0 Å². The summed E-state index contributed by atoms with van der Waals surface area (Å²) in [4.78, 5) is 12.3. The molecule has 0 spiro atoms. The Hall–Kier alpha value is -1.46. The third-order valence-electron chi connectivity index (χ3n) is 3.33. The third-order valence-corrected chi connectivity index (χ3v) is 4.54. The van der Waals surface area contributed by atoms with E-state index in [1.54, 1.807) is 17.5 Å². The van der Waals surface area contributed by atoms with Gasteiger partial charge in [0.05, 0.1) is 5.69 Å². The summed E-state index contributed by atoms with van der Waals surface area (Å²) >= 11 is 1.72. The summed E-state index contributed by atoms with van der Waals surface area (Å²) in [6, 6.07) is 4.05. The van der Waals surface area contributed by atoms with Gasteiger partial charge in [-0.3, -0.25) is 4.98 Å². The first-order chi connectivity index (χ1) is 9.28. The third kappa shape index (κ3) is 2.77. The Morgan fingerprint density at radius 2 is 2.32 bits per heavy atom. The highest BCUT2D eigenvalue weighted by atomic mass is 32.1. The van der Waals surface area contributed by atoms with Crippen molar-refractivity contribution < 1.29 is 0 Å². The van der Waals surface area contributed by atoms with Gasteiger partial charge in [-0.25, -0.2) is 4.98 Å². The van der Waals surface area contributed by atoms with E-state index >= 15 is 0 Å². The minimum Gasteiger partial charge on any atom is -0.347 e. The predicted octanol–water partition coefficient (Wildman–Crippen LogP) is 2.51. The lowest BCUT2D eigenvalue weighted by Gasteiger charge is -2.15. The van der Waals surface area contributed by atoms with Crippen molar-refractivity contribution in [3.63, 3.8) is 0 Å². The maximum absolute atomic E-state index is 5.82. The van der Waals surface area contributed by atoms with Crippen LogP contribution < -0.4 is 10.6 Å². The molecule has 0 aliphatic heterocycles. The Kier molecular flexibility index (Phi) is 3.48. The number of anilines is 1. The van der Waals surface area contributed by atoms with Crippen LogP contribution in [0.5, 0.6) is 0 Å². The number of hydrogen-bond acceptors (Lipinski definition) is 5. The fraction of sp³-hybridized carbons (Fsp3) is 0.429. The lowest BCUT2D eigenvalue weighted by atomic mass is 10.2. The van der Waals surface area contributed by atoms with Gasteiger partial charge in [-0.05, 0) is 24.5 Å². The van der Waals surface area contributed by atoms with Crippen LogP contribution in [0.15, 0.2) is 24.5 Å². The molecular formula is C14H18N4S. The molecule has 19 heavy (non-hydrogen) atoms. The summed E-state index contributed by atoms with van der Waals surface area (Å²) in [6.45, 7) is 1.43. The highest BCUT2D eigenvalue weighted by Crippen LogP contribution is 2.44. The second kappa shape index (κ2) is 5.27. The molecule has 0 aromatic carbocycles. The molecule has 5 heteroatoms. The topological polar surface area (TPSA) is 55.0 Å². The molecule has 1 aliphatic carbocycles. The molecule has 1 saturated carbocycles. The number of pyridine rings is 1. The number of rotatable bonds is 5. The minimum absolute atomic E-state index is 0.601. The van der Waals surface area contributed by atoms with E-state index in [0.717, 1.165) is 11.7 Å². The molecule has 0 unspecified atom stereocenters. The monoisotopic (exact) mass is 274 g/mol. The molecule has 0 atom stereocenters. The van der Waals surface area contributed by atoms with Gasteiger partial charge in [0.15, 0.2) is 5.13 Å². The van der Waals surface area contributed by atoms with Gasteiger partial charge >= 0.3 is 0 Å². The highest BCUT2D eigenvalue weighted by molar-refractivity contribution is 7.15. The first-order valence-corrected chi connectivity index (χ1v) is 7.39. The summed E-state index contributed by atoms with van der Waals surface area (Å²) in [5.41, 5.74) is 8.26. The van der Waals surface area contributed by atoms with Crippen LogP contribution in [-0.2, 0) is 13.1 Å². The van der Waals surface area contributed by atoms with Crippen molar-refractivity contribution in [2.24, 2.45) is 5.73 Å². The molecule has 1 fully saturated rings. The fourth-order valence-electron chi connectivity index (χ4n) is 2.17. The van der Waals surface area contributed by atoms with Crippen LogP contribution in [-0.4, -0.2) is 17.0 Å². The van der Waals surface area contributed by atoms with E-state index in [2.05, 4.69) is 23.0 Å². The number of nitrogens with zero attached hydrogens (tertiary/aromatic N) is 3. The van der Waals surface area contributed by atoms with Crippen LogP contribution in [0.25, 0.3) is 0 Å². The first kappa shape index (κ1) is 12.6. The van der Waals surface area contributed by atoms with E-state index in [4.69, 9.17) is 10.7 Å². The van der Waals surface area contributed by atoms with Crippen molar-refractivity contribution >= 4 is 16.5 Å². The Labute approximate surface area is 117 Å². The van der Waals surface area contributed by atoms with Crippen molar-refractivity contribution in [1.82, 2.24) is 9.97 Å². The van der Waals surface area contributed by atoms with Crippen LogP contribution in [0, 0.1) is 0 Å². The van der Waals surface area contributed by atoms with Crippen LogP contribution >= 0.6 is 11.3 Å². The first-order valence-electron chi connectivity index (χ1n) is 6.57. The van der Waals surface area contributed by atoms with E-state index < -0.39 is 0 Å². The summed E-state index contributed by atoms with van der Waals surface area (Å²) in [7, 11) is 2.07. The number of nitrogens with two attached hydrogens (primary N) is 1. The second-order valence-electron chi connectivity index (χ2n) is 5.00. The number of hydrogen-bond donors (Lipinski definition) is 1. The Morgan fingerprint density at radius 3 is 2.95 bits per heavy atom. The Balaban J connectivity index is 1.77. The second-order valence-corrected chi connectivity index (χ2v) is 6.06. The zero-order valence-electron chi connectivity index (χ0n) is 11.0. The Bertz CT molecular complexity index is 548. The zero-order chi connectivity index (χ0) is 13.2. The van der Waals surface area contributed by atoms with Gasteiger partial charge in [0.1, 0.15) is 0 Å². The van der Waals surface area contributed by atoms with Gasteiger partial charge in [0.2, 0.25) is 0 Å². The predicted molar refractivity (Wildman–Crippen MR) is 78.3 cm³/mol. The van der Waals surface area contributed by atoms with Crippen molar-refractivity contribution in [1.29, 1.82) is 0 Å². The highest BCUT2D eigenvalue weighted by Gasteiger charge is 2.29. The molecule has 2 aromatic heterocycles. The van der Waals surface area contributed by atoms with Gasteiger partial charge in [-0.15, -0.1) is 11.3 Å². The molecule has 1 aliphatic rings. The molecule has 2 N–H and O–H groups in total. The molecule has 3 rings (SSSR count). The number of thiazole rings is 1. The summed E-state index contributed by atoms with van der Waals surface area (Å²) in [5.74, 6) is 0.662. The fourth-order valence-corrected chi connectivity index (χ4v) is 3.15. The van der Waals surface area contributed by atoms with Gasteiger partial charge in [-0.2, -0.15) is 0 Å². The summed E-state index contributed by atoms with van der Waals surface area (Å²) < 4.78 is 0. The molecule has 4 nitrogen and oxygen atoms in total. The Morgan fingerprint density at radius 1 is 1.47 bits per heavy atom. The molecular weight excluding hydrogens is 256 g/mol. The molecule has 0 saturated heterocycles. The van der Waals surface area contributed by atoms with E-state index in [1.165, 1.54) is 29.0 Å². The lowest BCUT2D eigenvalue weighted by Crippen LogP contribution is -2.16. The quantitative estimate of drug-likeness (QED) is 0.910. The van der Waals surface area contributed by atoms with Crippen LogP contribution in [0.4, 0.5) is 5.13 Å². The van der Waals surface area contributed by atoms with Crippen LogP contribution in [0.3, 0.4) is 0 Å². The zero-order valence-corrected chi connectivity index (χ0v) is 11.9. The summed E-state index contributed by atoms with van der Waals surface area (Å²) in [5, 5.41) is 1.06. The molecule has 2 aromatic rings. The van der Waals surface area contributed by atoms with Crippen molar-refractivity contribution in [2.45, 2.75) is 31.8 Å². The van der Waals surface area contributed by atoms with E-state index in [1.807, 2.05) is 12.3 Å². The van der Waals surface area contributed by atoms with E-state index in [0.29, 0.717) is 12.5 Å². The molecule has 2 heterocycles. The molecule has 0 radical (unpaired) electrons. The largest absolute Gasteiger partial charge is 0.347 e. The standard InChI is InChI=1S/C14H18N4S/c1-18(9-10-3-2-6-16-8-10)14-17-13(11-4-5-11)12(7-15)19-14/h2-3,6,8,11H,4-5,7,9,15H2,1H3. The van der Waals surface area contributed by atoms with E-state index in [9.17, 15) is 0 Å². The number of aromatic nitrogens is 2.